The fraction of sp³-hybridized carbons (Fsp3) is 0. The average molecular weight is 763 g/mol. The minimum Gasteiger partial charge on any atom is -0.289 e. The minimum atomic E-state index is 0.0228. The molecule has 0 saturated heterocycles. The lowest BCUT2D eigenvalue weighted by atomic mass is 9.83. The molecule has 0 fully saturated rings. The number of rotatable bonds is 7. The number of fused-ring (bicyclic) bond motifs is 4. The zero-order valence-electron chi connectivity index (χ0n) is 32.8. The second kappa shape index (κ2) is 14.8. The molecule has 0 amide bonds. The van der Waals surface area contributed by atoms with Crippen molar-refractivity contribution in [1.82, 2.24) is 0 Å². The van der Waals surface area contributed by atoms with Gasteiger partial charge in [0.05, 0.1) is 0 Å². The van der Waals surface area contributed by atoms with E-state index in [-0.39, 0.29) is 5.78 Å². The van der Waals surface area contributed by atoms with Crippen LogP contribution in [0.3, 0.4) is 0 Å². The van der Waals surface area contributed by atoms with E-state index < -0.39 is 0 Å². The number of carbonyl (C=O) groups is 1. The largest absolute Gasteiger partial charge is 0.289 e. The molecule has 280 valence electrons. The van der Waals surface area contributed by atoms with E-state index in [4.69, 9.17) is 0 Å². The Balaban J connectivity index is 1.10. The second-order valence-electron chi connectivity index (χ2n) is 15.5. The summed E-state index contributed by atoms with van der Waals surface area (Å²) in [5.74, 6) is 0.0228. The molecular formula is C59H38O. The standard InChI is InChI=1S/C59H38O/c60-59(43-21-8-3-9-22-43)46-24-16-23-45(37-46)58-51-29-14-11-26-48(51)55(49-27-12-15-30-52(49)58)41-31-33-42(34-32-41)56-47-25-10-13-28-50(47)57(40-19-6-2-7-20-40)54-38-44(35-36-53(54)56)39-17-4-1-5-18-39/h1-38H. The van der Waals surface area contributed by atoms with Gasteiger partial charge in [0.25, 0.3) is 0 Å². The van der Waals surface area contributed by atoms with Crippen LogP contribution in [-0.4, -0.2) is 5.78 Å². The Kier molecular flexibility index (Phi) is 8.72. The van der Waals surface area contributed by atoms with Crippen molar-refractivity contribution in [2.24, 2.45) is 0 Å². The molecule has 0 unspecified atom stereocenters. The van der Waals surface area contributed by atoms with Crippen LogP contribution in [0, 0.1) is 0 Å². The van der Waals surface area contributed by atoms with Gasteiger partial charge in [0.15, 0.2) is 5.78 Å². The van der Waals surface area contributed by atoms with Gasteiger partial charge in [0, 0.05) is 11.1 Å². The van der Waals surface area contributed by atoms with E-state index in [1.54, 1.807) is 0 Å². The summed E-state index contributed by atoms with van der Waals surface area (Å²) in [4.78, 5) is 13.6. The van der Waals surface area contributed by atoms with Crippen LogP contribution < -0.4 is 0 Å². The Labute approximate surface area is 349 Å². The molecule has 0 N–H and O–H groups in total. The Bertz CT molecular complexity index is 3340. The lowest BCUT2D eigenvalue weighted by Crippen LogP contribution is -2.01. The van der Waals surface area contributed by atoms with Crippen LogP contribution in [0.1, 0.15) is 15.9 Å². The summed E-state index contributed by atoms with van der Waals surface area (Å²) in [5, 5.41) is 9.60. The molecule has 0 saturated carbocycles. The van der Waals surface area contributed by atoms with Gasteiger partial charge in [0.2, 0.25) is 0 Å². The lowest BCUT2D eigenvalue weighted by molar-refractivity contribution is 0.103. The summed E-state index contributed by atoms with van der Waals surface area (Å²) in [6.07, 6.45) is 0. The third kappa shape index (κ3) is 5.99. The van der Waals surface area contributed by atoms with Crippen LogP contribution >= 0.6 is 0 Å². The van der Waals surface area contributed by atoms with E-state index in [0.717, 1.165) is 27.5 Å². The third-order valence-electron chi connectivity index (χ3n) is 12.0. The topological polar surface area (TPSA) is 17.1 Å². The predicted molar refractivity (Wildman–Crippen MR) is 254 cm³/mol. The number of hydrogen-bond acceptors (Lipinski definition) is 1. The van der Waals surface area contributed by atoms with Crippen LogP contribution in [0.15, 0.2) is 231 Å². The fourth-order valence-corrected chi connectivity index (χ4v) is 9.34. The molecule has 0 aliphatic rings. The molecule has 0 atom stereocenters. The SMILES string of the molecule is O=C(c1ccccc1)c1cccc(-c2c3ccccc3c(-c3ccc(-c4c5ccccc5c(-c5ccccc5)c5cc(-c6ccccc6)ccc45)cc3)c3ccccc23)c1. The first-order chi connectivity index (χ1) is 29.7. The summed E-state index contributed by atoms with van der Waals surface area (Å²) in [5.41, 5.74) is 13.2. The lowest BCUT2D eigenvalue weighted by Gasteiger charge is -2.20. The molecule has 0 aromatic heterocycles. The zero-order chi connectivity index (χ0) is 40.0. The first-order valence-corrected chi connectivity index (χ1v) is 20.5. The quantitative estimate of drug-likeness (QED) is 0.117. The molecule has 1 nitrogen and oxygen atoms in total. The molecule has 1 heteroatoms. The molecule has 0 heterocycles. The van der Waals surface area contributed by atoms with E-state index >= 15 is 0 Å². The van der Waals surface area contributed by atoms with Crippen LogP contribution in [0.25, 0.3) is 98.7 Å². The summed E-state index contributed by atoms with van der Waals surface area (Å²) in [6, 6.07) is 81.6. The minimum absolute atomic E-state index is 0.0228. The van der Waals surface area contributed by atoms with E-state index in [9.17, 15) is 4.79 Å². The van der Waals surface area contributed by atoms with Gasteiger partial charge >= 0.3 is 0 Å². The molecule has 0 aliphatic heterocycles. The number of benzene rings is 11. The average Bonchev–Trinajstić information content (AvgIpc) is 3.33. The van der Waals surface area contributed by atoms with Gasteiger partial charge in [-0.3, -0.25) is 4.79 Å². The highest BCUT2D eigenvalue weighted by atomic mass is 16.1. The number of hydrogen-bond donors (Lipinski definition) is 0. The molecule has 11 aromatic carbocycles. The monoisotopic (exact) mass is 762 g/mol. The van der Waals surface area contributed by atoms with Crippen molar-refractivity contribution in [2.75, 3.05) is 0 Å². The summed E-state index contributed by atoms with van der Waals surface area (Å²) in [7, 11) is 0. The maximum absolute atomic E-state index is 13.6. The van der Waals surface area contributed by atoms with Gasteiger partial charge in [-0.15, -0.1) is 0 Å². The summed E-state index contributed by atoms with van der Waals surface area (Å²) < 4.78 is 0. The Morgan fingerprint density at radius 3 is 1.05 bits per heavy atom. The van der Waals surface area contributed by atoms with Gasteiger partial charge in [-0.05, 0) is 111 Å². The van der Waals surface area contributed by atoms with Gasteiger partial charge in [0.1, 0.15) is 0 Å². The first kappa shape index (κ1) is 35.3. The van der Waals surface area contributed by atoms with Crippen LogP contribution in [0.2, 0.25) is 0 Å². The normalized spacial score (nSPS) is 11.4. The van der Waals surface area contributed by atoms with Gasteiger partial charge in [-0.2, -0.15) is 0 Å². The highest BCUT2D eigenvalue weighted by molar-refractivity contribution is 6.24. The zero-order valence-corrected chi connectivity index (χ0v) is 32.8. The third-order valence-corrected chi connectivity index (χ3v) is 12.0. The molecule has 11 rings (SSSR count). The second-order valence-corrected chi connectivity index (χ2v) is 15.5. The Morgan fingerprint density at radius 1 is 0.217 bits per heavy atom. The van der Waals surface area contributed by atoms with Crippen molar-refractivity contribution in [3.05, 3.63) is 242 Å². The molecule has 11 aromatic rings. The smallest absolute Gasteiger partial charge is 0.193 e. The number of carbonyl (C=O) groups excluding carboxylic acids is 1. The van der Waals surface area contributed by atoms with E-state index in [0.29, 0.717) is 11.1 Å². The van der Waals surface area contributed by atoms with Crippen molar-refractivity contribution < 1.29 is 4.79 Å². The fourth-order valence-electron chi connectivity index (χ4n) is 9.34. The maximum atomic E-state index is 13.6. The van der Waals surface area contributed by atoms with Crippen LogP contribution in [0.4, 0.5) is 0 Å². The van der Waals surface area contributed by atoms with Gasteiger partial charge in [-0.1, -0.05) is 218 Å². The van der Waals surface area contributed by atoms with E-state index in [1.165, 1.54) is 71.3 Å². The number of ketones is 1. The Morgan fingerprint density at radius 2 is 0.550 bits per heavy atom. The van der Waals surface area contributed by atoms with Crippen LogP contribution in [0.5, 0.6) is 0 Å². The molecular weight excluding hydrogens is 725 g/mol. The highest BCUT2D eigenvalue weighted by Gasteiger charge is 2.20. The van der Waals surface area contributed by atoms with Crippen molar-refractivity contribution in [1.29, 1.82) is 0 Å². The molecule has 0 bridgehead atoms. The summed E-state index contributed by atoms with van der Waals surface area (Å²) >= 11 is 0. The molecule has 0 spiro atoms. The van der Waals surface area contributed by atoms with Crippen molar-refractivity contribution in [3.8, 4) is 55.6 Å². The molecule has 60 heavy (non-hydrogen) atoms. The first-order valence-electron chi connectivity index (χ1n) is 20.5. The van der Waals surface area contributed by atoms with Crippen molar-refractivity contribution >= 4 is 48.9 Å². The van der Waals surface area contributed by atoms with E-state index in [2.05, 4.69) is 188 Å². The molecule has 0 aliphatic carbocycles. The predicted octanol–water partition coefficient (Wildman–Crippen LogP) is 15.9. The van der Waals surface area contributed by atoms with Crippen molar-refractivity contribution in [2.45, 2.75) is 0 Å². The van der Waals surface area contributed by atoms with Crippen LogP contribution in [-0.2, 0) is 0 Å². The van der Waals surface area contributed by atoms with Crippen molar-refractivity contribution in [3.63, 3.8) is 0 Å². The summed E-state index contributed by atoms with van der Waals surface area (Å²) in [6.45, 7) is 0. The van der Waals surface area contributed by atoms with Gasteiger partial charge < -0.3 is 0 Å². The maximum Gasteiger partial charge on any atom is 0.193 e. The van der Waals surface area contributed by atoms with Gasteiger partial charge in [-0.25, -0.2) is 0 Å². The highest BCUT2D eigenvalue weighted by Crippen LogP contribution is 2.47. The Hall–Kier alpha value is -7.87. The molecule has 0 radical (unpaired) electrons. The van der Waals surface area contributed by atoms with E-state index in [1.807, 2.05) is 42.5 Å².